The molecule has 0 amide bonds. The molecule has 0 atom stereocenters. The van der Waals surface area contributed by atoms with Crippen molar-refractivity contribution in [2.75, 3.05) is 5.33 Å². The molecule has 0 unspecified atom stereocenters. The Hall–Kier alpha value is -0.210. The average Bonchev–Trinajstić information content (AvgIpc) is 2.03. The van der Waals surface area contributed by atoms with E-state index in [4.69, 9.17) is 16.7 Å². The second kappa shape index (κ2) is 4.73. The highest BCUT2D eigenvalue weighted by Crippen LogP contribution is 2.22. The van der Waals surface area contributed by atoms with Gasteiger partial charge in [0.15, 0.2) is 0 Å². The third-order valence-electron chi connectivity index (χ3n) is 1.62. The van der Waals surface area contributed by atoms with E-state index in [0.29, 0.717) is 5.02 Å². The molecular weight excluding hydrogens is 239 g/mol. The van der Waals surface area contributed by atoms with E-state index >= 15 is 0 Å². The minimum atomic E-state index is 0.225. The van der Waals surface area contributed by atoms with Gasteiger partial charge < -0.3 is 5.11 Å². The highest BCUT2D eigenvalue weighted by molar-refractivity contribution is 9.09. The molecule has 0 aliphatic carbocycles. The van der Waals surface area contributed by atoms with Crippen molar-refractivity contribution in [2.45, 2.75) is 12.8 Å². The van der Waals surface area contributed by atoms with Gasteiger partial charge >= 0.3 is 0 Å². The number of halogens is 2. The van der Waals surface area contributed by atoms with Crippen molar-refractivity contribution in [3.8, 4) is 5.75 Å². The Kier molecular flexibility index (Phi) is 3.89. The Morgan fingerprint density at radius 1 is 1.42 bits per heavy atom. The maximum Gasteiger partial charge on any atom is 0.117 e. The van der Waals surface area contributed by atoms with Crippen molar-refractivity contribution < 1.29 is 5.11 Å². The van der Waals surface area contributed by atoms with Gasteiger partial charge in [-0.05, 0) is 30.5 Å². The van der Waals surface area contributed by atoms with Gasteiger partial charge in [0.2, 0.25) is 0 Å². The lowest BCUT2D eigenvalue weighted by molar-refractivity contribution is 0.475. The third-order valence-corrected chi connectivity index (χ3v) is 2.53. The first-order chi connectivity index (χ1) is 5.74. The van der Waals surface area contributed by atoms with E-state index in [-0.39, 0.29) is 5.75 Å². The number of aromatic hydroxyl groups is 1. The summed E-state index contributed by atoms with van der Waals surface area (Å²) >= 11 is 9.24. The SMILES string of the molecule is Oc1ccc(CCCBr)c(Cl)c1. The summed E-state index contributed by atoms with van der Waals surface area (Å²) in [7, 11) is 0. The Morgan fingerprint density at radius 2 is 2.17 bits per heavy atom. The normalized spacial score (nSPS) is 10.2. The van der Waals surface area contributed by atoms with Crippen LogP contribution in [0.15, 0.2) is 18.2 Å². The largest absolute Gasteiger partial charge is 0.508 e. The zero-order chi connectivity index (χ0) is 8.97. The van der Waals surface area contributed by atoms with Crippen LogP contribution in [0, 0.1) is 0 Å². The number of benzene rings is 1. The Bertz CT molecular complexity index is 263. The van der Waals surface area contributed by atoms with Gasteiger partial charge in [0.1, 0.15) is 5.75 Å². The monoisotopic (exact) mass is 248 g/mol. The number of alkyl halides is 1. The van der Waals surface area contributed by atoms with Crippen LogP contribution in [0.25, 0.3) is 0 Å². The second-order valence-corrected chi connectivity index (χ2v) is 3.77. The summed E-state index contributed by atoms with van der Waals surface area (Å²) in [6.07, 6.45) is 2.01. The molecule has 1 nitrogen and oxygen atoms in total. The Labute approximate surface area is 85.5 Å². The lowest BCUT2D eigenvalue weighted by Gasteiger charge is -2.02. The van der Waals surface area contributed by atoms with Crippen LogP contribution in [0.1, 0.15) is 12.0 Å². The quantitative estimate of drug-likeness (QED) is 0.814. The molecule has 0 saturated carbocycles. The number of phenolic OH excluding ortho intramolecular Hbond substituents is 1. The van der Waals surface area contributed by atoms with E-state index in [0.717, 1.165) is 23.7 Å². The van der Waals surface area contributed by atoms with Crippen molar-refractivity contribution in [2.24, 2.45) is 0 Å². The highest BCUT2D eigenvalue weighted by Gasteiger charge is 2.00. The molecule has 0 fully saturated rings. The van der Waals surface area contributed by atoms with Crippen molar-refractivity contribution in [3.63, 3.8) is 0 Å². The van der Waals surface area contributed by atoms with Crippen LogP contribution in [-0.4, -0.2) is 10.4 Å². The fraction of sp³-hybridized carbons (Fsp3) is 0.333. The number of aryl methyl sites for hydroxylation is 1. The van der Waals surface area contributed by atoms with Gasteiger partial charge in [-0.1, -0.05) is 33.6 Å². The molecular formula is C9H10BrClO. The average molecular weight is 250 g/mol. The predicted octanol–water partition coefficient (Wildman–Crippen LogP) is 3.37. The van der Waals surface area contributed by atoms with E-state index in [2.05, 4.69) is 15.9 Å². The third kappa shape index (κ3) is 2.68. The number of hydrogen-bond donors (Lipinski definition) is 1. The fourth-order valence-corrected chi connectivity index (χ4v) is 1.55. The molecule has 0 radical (unpaired) electrons. The molecule has 1 aromatic carbocycles. The summed E-state index contributed by atoms with van der Waals surface area (Å²) in [5.41, 5.74) is 1.09. The second-order valence-electron chi connectivity index (χ2n) is 2.57. The lowest BCUT2D eigenvalue weighted by Crippen LogP contribution is -1.86. The van der Waals surface area contributed by atoms with E-state index in [1.165, 1.54) is 0 Å². The summed E-state index contributed by atoms with van der Waals surface area (Å²) in [4.78, 5) is 0. The molecule has 12 heavy (non-hydrogen) atoms. The number of phenols is 1. The highest BCUT2D eigenvalue weighted by atomic mass is 79.9. The maximum absolute atomic E-state index is 9.07. The zero-order valence-electron chi connectivity index (χ0n) is 6.56. The van der Waals surface area contributed by atoms with E-state index in [1.807, 2.05) is 6.07 Å². The Morgan fingerprint density at radius 3 is 2.75 bits per heavy atom. The Balaban J connectivity index is 2.72. The molecule has 3 heteroatoms. The maximum atomic E-state index is 9.07. The molecule has 66 valence electrons. The van der Waals surface area contributed by atoms with Gasteiger partial charge in [-0.15, -0.1) is 0 Å². The molecule has 0 saturated heterocycles. The fourth-order valence-electron chi connectivity index (χ4n) is 0.996. The molecule has 0 heterocycles. The van der Waals surface area contributed by atoms with Crippen LogP contribution in [0.4, 0.5) is 0 Å². The molecule has 0 aromatic heterocycles. The van der Waals surface area contributed by atoms with Crippen LogP contribution in [0.5, 0.6) is 5.75 Å². The summed E-state index contributed by atoms with van der Waals surface area (Å²) in [5.74, 6) is 0.225. The molecule has 1 N–H and O–H groups in total. The van der Waals surface area contributed by atoms with E-state index in [1.54, 1.807) is 12.1 Å². The van der Waals surface area contributed by atoms with Gasteiger partial charge in [-0.2, -0.15) is 0 Å². The summed E-state index contributed by atoms with van der Waals surface area (Å²) in [6.45, 7) is 0. The standard InChI is InChI=1S/C9H10BrClO/c10-5-1-2-7-3-4-8(12)6-9(7)11/h3-4,6,12H,1-2,5H2. The van der Waals surface area contributed by atoms with Crippen molar-refractivity contribution >= 4 is 27.5 Å². The first kappa shape index (κ1) is 9.87. The van der Waals surface area contributed by atoms with Crippen LogP contribution in [0.2, 0.25) is 5.02 Å². The minimum Gasteiger partial charge on any atom is -0.508 e. The summed E-state index contributed by atoms with van der Waals surface area (Å²) < 4.78 is 0. The first-order valence-electron chi connectivity index (χ1n) is 3.77. The van der Waals surface area contributed by atoms with Gasteiger partial charge in [0.05, 0.1) is 0 Å². The van der Waals surface area contributed by atoms with Crippen LogP contribution >= 0.6 is 27.5 Å². The summed E-state index contributed by atoms with van der Waals surface area (Å²) in [6, 6.07) is 5.10. The lowest BCUT2D eigenvalue weighted by atomic mass is 10.1. The van der Waals surface area contributed by atoms with E-state index in [9.17, 15) is 0 Å². The molecule has 1 rings (SSSR count). The van der Waals surface area contributed by atoms with E-state index < -0.39 is 0 Å². The minimum absolute atomic E-state index is 0.225. The van der Waals surface area contributed by atoms with Gasteiger partial charge in [0.25, 0.3) is 0 Å². The molecule has 0 bridgehead atoms. The number of hydrogen-bond acceptors (Lipinski definition) is 1. The van der Waals surface area contributed by atoms with Crippen LogP contribution in [0.3, 0.4) is 0 Å². The van der Waals surface area contributed by atoms with Gasteiger partial charge in [-0.3, -0.25) is 0 Å². The first-order valence-corrected chi connectivity index (χ1v) is 5.27. The summed E-state index contributed by atoms with van der Waals surface area (Å²) in [5, 5.41) is 10.7. The molecule has 0 aliphatic heterocycles. The zero-order valence-corrected chi connectivity index (χ0v) is 8.90. The van der Waals surface area contributed by atoms with Gasteiger partial charge in [-0.25, -0.2) is 0 Å². The van der Waals surface area contributed by atoms with Gasteiger partial charge in [0, 0.05) is 10.4 Å². The smallest absolute Gasteiger partial charge is 0.117 e. The van der Waals surface area contributed by atoms with Crippen LogP contribution in [-0.2, 0) is 6.42 Å². The van der Waals surface area contributed by atoms with Crippen molar-refractivity contribution in [3.05, 3.63) is 28.8 Å². The van der Waals surface area contributed by atoms with Crippen LogP contribution < -0.4 is 0 Å². The van der Waals surface area contributed by atoms with Crippen molar-refractivity contribution in [1.82, 2.24) is 0 Å². The number of rotatable bonds is 3. The topological polar surface area (TPSA) is 20.2 Å². The molecule has 0 aliphatic rings. The van der Waals surface area contributed by atoms with Crippen molar-refractivity contribution in [1.29, 1.82) is 0 Å². The molecule has 0 spiro atoms. The predicted molar refractivity (Wildman–Crippen MR) is 55.2 cm³/mol. The molecule has 1 aromatic rings.